The van der Waals surface area contributed by atoms with Crippen LogP contribution in [0.15, 0.2) is 75.8 Å². The lowest BCUT2D eigenvalue weighted by Crippen LogP contribution is -2.12. The predicted molar refractivity (Wildman–Crippen MR) is 151 cm³/mol. The van der Waals surface area contributed by atoms with Crippen LogP contribution in [0.4, 0.5) is 17.1 Å². The molecule has 0 bridgehead atoms. The first kappa shape index (κ1) is 28.3. The number of fused-ring (bicyclic) bond motifs is 1. The number of benzene rings is 4. The second kappa shape index (κ2) is 11.6. The van der Waals surface area contributed by atoms with E-state index in [1.165, 1.54) is 12.1 Å². The van der Waals surface area contributed by atoms with E-state index in [2.05, 4.69) is 15.5 Å². The number of anilines is 1. The Morgan fingerprint density at radius 2 is 1.74 bits per heavy atom. The molecule has 0 fully saturated rings. The highest BCUT2D eigenvalue weighted by atomic mass is 35.5. The molecule has 12 heteroatoms. The molecule has 39 heavy (non-hydrogen) atoms. The molecule has 4 aromatic rings. The maximum absolute atomic E-state index is 13.2. The van der Waals surface area contributed by atoms with E-state index >= 15 is 0 Å². The highest BCUT2D eigenvalue weighted by Gasteiger charge is 2.21. The molecule has 4 aromatic carbocycles. The van der Waals surface area contributed by atoms with Crippen molar-refractivity contribution in [3.63, 3.8) is 0 Å². The second-order valence-corrected chi connectivity index (χ2v) is 10.5. The standard InChI is InChI=1S/C27H23Cl2N3O6S/c1-3-15-12-21(29)24(39(35,36)37)14-22(15)31-32-25-18-8-6-5-7-16(18)11-19(26(25)33)27(34)30-17-9-10-20(28)23(13-17)38-4-2/h5-14,33H,3-4H2,1-2H3,(H,30,34)(H,35,36,37). The number of azo groups is 1. The average Bonchev–Trinajstić information content (AvgIpc) is 2.89. The number of nitrogens with zero attached hydrogens (tertiary/aromatic N) is 2. The van der Waals surface area contributed by atoms with Gasteiger partial charge in [0.2, 0.25) is 0 Å². The van der Waals surface area contributed by atoms with E-state index in [4.69, 9.17) is 27.9 Å². The number of aromatic hydroxyl groups is 1. The molecule has 0 atom stereocenters. The van der Waals surface area contributed by atoms with Crippen molar-refractivity contribution in [2.24, 2.45) is 10.2 Å². The van der Waals surface area contributed by atoms with Crippen molar-refractivity contribution >= 4 is 67.1 Å². The maximum atomic E-state index is 13.2. The first-order chi connectivity index (χ1) is 18.5. The number of carbonyl (C=O) groups excluding carboxylic acids is 1. The molecule has 0 unspecified atom stereocenters. The van der Waals surface area contributed by atoms with Gasteiger partial charge in [-0.15, -0.1) is 5.11 Å². The Hall–Kier alpha value is -3.70. The molecule has 0 aromatic heterocycles. The molecule has 3 N–H and O–H groups in total. The van der Waals surface area contributed by atoms with Crippen molar-refractivity contribution in [3.05, 3.63) is 81.8 Å². The summed E-state index contributed by atoms with van der Waals surface area (Å²) in [4.78, 5) is 12.7. The molecule has 0 heterocycles. The van der Waals surface area contributed by atoms with Crippen LogP contribution in [0.25, 0.3) is 10.8 Å². The fraction of sp³-hybridized carbons (Fsp3) is 0.148. The predicted octanol–water partition coefficient (Wildman–Crippen LogP) is 7.73. The van der Waals surface area contributed by atoms with Crippen LogP contribution in [0.5, 0.6) is 11.5 Å². The first-order valence-corrected chi connectivity index (χ1v) is 13.9. The molecule has 4 rings (SSSR count). The molecule has 0 spiro atoms. The zero-order valence-electron chi connectivity index (χ0n) is 20.8. The Morgan fingerprint density at radius 1 is 1.00 bits per heavy atom. The highest BCUT2D eigenvalue weighted by molar-refractivity contribution is 7.86. The Bertz CT molecular complexity index is 1720. The first-order valence-electron chi connectivity index (χ1n) is 11.7. The summed E-state index contributed by atoms with van der Waals surface area (Å²) in [5.74, 6) is -0.655. The number of phenolic OH excluding ortho intramolecular Hbond substituents is 1. The molecular weight excluding hydrogens is 565 g/mol. The minimum Gasteiger partial charge on any atom is -0.505 e. The average molecular weight is 588 g/mol. The van der Waals surface area contributed by atoms with Gasteiger partial charge in [-0.05, 0) is 54.6 Å². The summed E-state index contributed by atoms with van der Waals surface area (Å²) in [5.41, 5.74) is 1.00. The van der Waals surface area contributed by atoms with Crippen molar-refractivity contribution in [3.8, 4) is 11.5 Å². The SMILES string of the molecule is CCOc1cc(NC(=O)c2cc3ccccc3c(N=Nc3cc(S(=O)(=O)O)c(Cl)cc3CC)c2O)ccc1Cl. The Labute approximate surface area is 234 Å². The smallest absolute Gasteiger partial charge is 0.296 e. The quantitative estimate of drug-likeness (QED) is 0.142. The highest BCUT2D eigenvalue weighted by Crippen LogP contribution is 2.41. The molecule has 1 amide bonds. The summed E-state index contributed by atoms with van der Waals surface area (Å²) >= 11 is 12.2. The third kappa shape index (κ3) is 6.15. The van der Waals surface area contributed by atoms with Gasteiger partial charge in [-0.1, -0.05) is 54.4 Å². The van der Waals surface area contributed by atoms with Gasteiger partial charge in [-0.3, -0.25) is 9.35 Å². The van der Waals surface area contributed by atoms with Crippen molar-refractivity contribution in [2.75, 3.05) is 11.9 Å². The van der Waals surface area contributed by atoms with Crippen molar-refractivity contribution in [1.82, 2.24) is 0 Å². The van der Waals surface area contributed by atoms with E-state index in [0.717, 1.165) is 6.07 Å². The van der Waals surface area contributed by atoms with Gasteiger partial charge in [-0.2, -0.15) is 13.5 Å². The molecule has 0 saturated heterocycles. The van der Waals surface area contributed by atoms with Crippen LogP contribution in [0.3, 0.4) is 0 Å². The fourth-order valence-electron chi connectivity index (χ4n) is 3.90. The van der Waals surface area contributed by atoms with Gasteiger partial charge in [0.1, 0.15) is 16.3 Å². The van der Waals surface area contributed by atoms with Gasteiger partial charge >= 0.3 is 0 Å². The monoisotopic (exact) mass is 587 g/mol. The Balaban J connectivity index is 1.80. The summed E-state index contributed by atoms with van der Waals surface area (Å²) in [5, 5.41) is 23.6. The van der Waals surface area contributed by atoms with Crippen LogP contribution in [0, 0.1) is 0 Å². The van der Waals surface area contributed by atoms with Crippen molar-refractivity contribution < 1.29 is 27.6 Å². The Kier molecular flexibility index (Phi) is 8.41. The van der Waals surface area contributed by atoms with Gasteiger partial charge in [0.15, 0.2) is 5.75 Å². The van der Waals surface area contributed by atoms with Crippen LogP contribution < -0.4 is 10.1 Å². The third-order valence-electron chi connectivity index (χ3n) is 5.78. The number of ether oxygens (including phenoxy) is 1. The molecule has 0 aliphatic carbocycles. The molecule has 0 aliphatic heterocycles. The van der Waals surface area contributed by atoms with Crippen LogP contribution in [0.2, 0.25) is 10.0 Å². The summed E-state index contributed by atoms with van der Waals surface area (Å²) in [7, 11) is -4.62. The lowest BCUT2D eigenvalue weighted by molar-refractivity contribution is 0.102. The largest absolute Gasteiger partial charge is 0.505 e. The normalized spacial score (nSPS) is 11.7. The van der Waals surface area contributed by atoms with E-state index in [1.807, 2.05) is 13.8 Å². The molecule has 0 radical (unpaired) electrons. The summed E-state index contributed by atoms with van der Waals surface area (Å²) in [6, 6.07) is 15.7. The van der Waals surface area contributed by atoms with Crippen molar-refractivity contribution in [1.29, 1.82) is 0 Å². The number of halogens is 2. The zero-order chi connectivity index (χ0) is 28.3. The molecular formula is C27H23Cl2N3O6S. The van der Waals surface area contributed by atoms with Gasteiger partial charge < -0.3 is 15.2 Å². The maximum Gasteiger partial charge on any atom is 0.296 e. The van der Waals surface area contributed by atoms with E-state index in [9.17, 15) is 22.9 Å². The number of rotatable bonds is 8. The van der Waals surface area contributed by atoms with Gasteiger partial charge in [-0.25, -0.2) is 0 Å². The Morgan fingerprint density at radius 3 is 2.44 bits per heavy atom. The summed E-state index contributed by atoms with van der Waals surface area (Å²) in [6.07, 6.45) is 0.430. The van der Waals surface area contributed by atoms with E-state index in [-0.39, 0.29) is 22.0 Å². The van der Waals surface area contributed by atoms with E-state index in [1.54, 1.807) is 42.5 Å². The van der Waals surface area contributed by atoms with Crippen LogP contribution >= 0.6 is 23.2 Å². The number of hydrogen-bond donors (Lipinski definition) is 3. The topological polar surface area (TPSA) is 138 Å². The van der Waals surface area contributed by atoms with Crippen LogP contribution in [0.1, 0.15) is 29.8 Å². The summed E-state index contributed by atoms with van der Waals surface area (Å²) in [6.45, 7) is 4.00. The minimum absolute atomic E-state index is 0.00484. The van der Waals surface area contributed by atoms with Gasteiger partial charge in [0.05, 0.1) is 27.9 Å². The number of nitrogens with one attached hydrogen (secondary N) is 1. The zero-order valence-corrected chi connectivity index (χ0v) is 23.1. The fourth-order valence-corrected chi connectivity index (χ4v) is 5.12. The second-order valence-electron chi connectivity index (χ2n) is 8.31. The number of phenols is 1. The molecule has 202 valence electrons. The number of amides is 1. The molecule has 0 saturated carbocycles. The number of hydrogen-bond acceptors (Lipinski definition) is 7. The number of aryl methyl sites for hydroxylation is 1. The molecule has 0 aliphatic rings. The summed E-state index contributed by atoms with van der Waals surface area (Å²) < 4.78 is 38.5. The molecule has 9 nitrogen and oxygen atoms in total. The van der Waals surface area contributed by atoms with Gasteiger partial charge in [0.25, 0.3) is 16.0 Å². The lowest BCUT2D eigenvalue weighted by Gasteiger charge is -2.13. The van der Waals surface area contributed by atoms with Crippen LogP contribution in [-0.2, 0) is 16.5 Å². The van der Waals surface area contributed by atoms with Crippen molar-refractivity contribution in [2.45, 2.75) is 25.2 Å². The lowest BCUT2D eigenvalue weighted by atomic mass is 10.0. The van der Waals surface area contributed by atoms with Gasteiger partial charge in [0, 0.05) is 17.1 Å². The van der Waals surface area contributed by atoms with E-state index < -0.39 is 26.7 Å². The minimum atomic E-state index is -4.62. The van der Waals surface area contributed by atoms with Crippen LogP contribution in [-0.4, -0.2) is 30.6 Å². The number of carbonyl (C=O) groups is 1. The third-order valence-corrected chi connectivity index (χ3v) is 7.41. The van der Waals surface area contributed by atoms with E-state index in [0.29, 0.717) is 45.8 Å².